The van der Waals surface area contributed by atoms with Crippen LogP contribution in [-0.4, -0.2) is 27.5 Å². The number of amides is 1. The SMILES string of the molecule is O=C(NC1CCC(Nc2cc(C(F)(F)F)nc3ccc(Cl)cc23)CC1)c1cccn1-c1ccccc1. The molecule has 2 aromatic carbocycles. The van der Waals surface area contributed by atoms with Crippen LogP contribution in [0.5, 0.6) is 0 Å². The van der Waals surface area contributed by atoms with Crippen LogP contribution in [0.1, 0.15) is 41.9 Å². The zero-order chi connectivity index (χ0) is 25.3. The van der Waals surface area contributed by atoms with Gasteiger partial charge in [0.05, 0.1) is 5.52 Å². The highest BCUT2D eigenvalue weighted by Gasteiger charge is 2.34. The number of para-hydroxylation sites is 1. The monoisotopic (exact) mass is 512 g/mol. The molecule has 4 aromatic rings. The second-order valence-corrected chi connectivity index (χ2v) is 9.42. The van der Waals surface area contributed by atoms with Crippen LogP contribution in [0.4, 0.5) is 18.9 Å². The second kappa shape index (κ2) is 9.85. The van der Waals surface area contributed by atoms with Crippen molar-refractivity contribution in [3.05, 3.63) is 89.3 Å². The van der Waals surface area contributed by atoms with E-state index in [1.54, 1.807) is 12.1 Å². The van der Waals surface area contributed by atoms with E-state index >= 15 is 0 Å². The lowest BCUT2D eigenvalue weighted by Crippen LogP contribution is -2.40. The van der Waals surface area contributed by atoms with Crippen LogP contribution in [0.2, 0.25) is 5.02 Å². The fourth-order valence-corrected chi connectivity index (χ4v) is 4.88. The molecule has 1 aliphatic rings. The van der Waals surface area contributed by atoms with E-state index in [1.165, 1.54) is 12.1 Å². The minimum Gasteiger partial charge on any atom is -0.382 e. The number of carbonyl (C=O) groups excluding carboxylic acids is 1. The molecule has 2 N–H and O–H groups in total. The molecule has 0 atom stereocenters. The highest BCUT2D eigenvalue weighted by Crippen LogP contribution is 2.35. The molecule has 0 aliphatic heterocycles. The Hall–Kier alpha value is -3.52. The van der Waals surface area contributed by atoms with E-state index < -0.39 is 11.9 Å². The Morgan fingerprint density at radius 3 is 2.39 bits per heavy atom. The van der Waals surface area contributed by atoms with Crippen LogP contribution in [0.3, 0.4) is 0 Å². The summed E-state index contributed by atoms with van der Waals surface area (Å²) in [6.07, 6.45) is 0.138. The summed E-state index contributed by atoms with van der Waals surface area (Å²) in [5, 5.41) is 7.38. The summed E-state index contributed by atoms with van der Waals surface area (Å²) in [6, 6.07) is 18.9. The lowest BCUT2D eigenvalue weighted by Gasteiger charge is -2.31. The summed E-state index contributed by atoms with van der Waals surface area (Å²) in [5.41, 5.74) is 1.12. The molecule has 1 saturated carbocycles. The van der Waals surface area contributed by atoms with Crippen LogP contribution in [0, 0.1) is 0 Å². The minimum atomic E-state index is -4.55. The summed E-state index contributed by atoms with van der Waals surface area (Å²) >= 11 is 6.10. The minimum absolute atomic E-state index is 0.0101. The first-order valence-electron chi connectivity index (χ1n) is 11.8. The van der Waals surface area contributed by atoms with Gasteiger partial charge in [-0.1, -0.05) is 29.8 Å². The molecule has 2 heterocycles. The van der Waals surface area contributed by atoms with Gasteiger partial charge in [-0.25, -0.2) is 4.98 Å². The van der Waals surface area contributed by atoms with Gasteiger partial charge in [0.15, 0.2) is 0 Å². The highest BCUT2D eigenvalue weighted by atomic mass is 35.5. The van der Waals surface area contributed by atoms with Gasteiger partial charge < -0.3 is 15.2 Å². The number of rotatable bonds is 5. The summed E-state index contributed by atoms with van der Waals surface area (Å²) in [6.45, 7) is 0. The van der Waals surface area contributed by atoms with Crippen LogP contribution in [-0.2, 0) is 6.18 Å². The van der Waals surface area contributed by atoms with Crippen LogP contribution in [0.25, 0.3) is 16.6 Å². The smallest absolute Gasteiger partial charge is 0.382 e. The van der Waals surface area contributed by atoms with Crippen molar-refractivity contribution in [3.8, 4) is 5.69 Å². The van der Waals surface area contributed by atoms with Crippen LogP contribution in [0.15, 0.2) is 72.9 Å². The van der Waals surface area contributed by atoms with Gasteiger partial charge in [-0.2, -0.15) is 13.2 Å². The molecule has 0 spiro atoms. The van der Waals surface area contributed by atoms with E-state index in [9.17, 15) is 18.0 Å². The maximum absolute atomic E-state index is 13.4. The number of pyridine rings is 1. The Kier molecular flexibility index (Phi) is 6.62. The van der Waals surface area contributed by atoms with Gasteiger partial charge in [0.1, 0.15) is 11.4 Å². The predicted molar refractivity (Wildman–Crippen MR) is 135 cm³/mol. The quantitative estimate of drug-likeness (QED) is 0.307. The molecule has 5 nitrogen and oxygen atoms in total. The van der Waals surface area contributed by atoms with Crippen molar-refractivity contribution in [1.82, 2.24) is 14.9 Å². The lowest BCUT2D eigenvalue weighted by atomic mass is 9.90. The Balaban J connectivity index is 1.26. The average molecular weight is 513 g/mol. The number of hydrogen-bond donors (Lipinski definition) is 2. The molecule has 9 heteroatoms. The molecule has 5 rings (SSSR count). The first kappa shape index (κ1) is 24.2. The lowest BCUT2D eigenvalue weighted by molar-refractivity contribution is -0.140. The molecule has 186 valence electrons. The summed E-state index contributed by atoms with van der Waals surface area (Å²) in [5.74, 6) is -0.148. The fraction of sp³-hybridized carbons (Fsp3) is 0.259. The Morgan fingerprint density at radius 1 is 0.944 bits per heavy atom. The van der Waals surface area contributed by atoms with Crippen molar-refractivity contribution in [2.24, 2.45) is 0 Å². The Labute approximate surface area is 211 Å². The normalized spacial score (nSPS) is 18.2. The molecule has 0 saturated heterocycles. The van der Waals surface area contributed by atoms with E-state index in [2.05, 4.69) is 15.6 Å². The van der Waals surface area contributed by atoms with E-state index in [-0.39, 0.29) is 23.5 Å². The third-order valence-electron chi connectivity index (χ3n) is 6.50. The number of halogens is 4. The van der Waals surface area contributed by atoms with Gasteiger partial charge in [-0.05, 0) is 74.2 Å². The first-order valence-corrected chi connectivity index (χ1v) is 12.1. The Bertz CT molecular complexity index is 1380. The molecule has 1 aliphatic carbocycles. The number of nitrogens with one attached hydrogen (secondary N) is 2. The molecule has 2 aromatic heterocycles. The molecule has 0 bridgehead atoms. The highest BCUT2D eigenvalue weighted by molar-refractivity contribution is 6.31. The molecule has 0 radical (unpaired) electrons. The standard InChI is InChI=1S/C27H24ClF3N4O/c28-17-8-13-22-21(15-17)23(16-25(34-22)27(29,30)31)32-18-9-11-19(12-10-18)33-26(36)24-7-4-14-35(24)20-5-2-1-3-6-20/h1-8,13-16,18-19H,9-12H2,(H,32,34)(H,33,36). The Morgan fingerprint density at radius 2 is 1.67 bits per heavy atom. The number of alkyl halides is 3. The number of hydrogen-bond acceptors (Lipinski definition) is 3. The van der Waals surface area contributed by atoms with Crippen molar-refractivity contribution in [2.45, 2.75) is 43.9 Å². The maximum atomic E-state index is 13.4. The van der Waals surface area contributed by atoms with Crippen molar-refractivity contribution in [1.29, 1.82) is 0 Å². The topological polar surface area (TPSA) is 59.0 Å². The maximum Gasteiger partial charge on any atom is 0.433 e. The van der Waals surface area contributed by atoms with Gasteiger partial charge in [-0.15, -0.1) is 0 Å². The molecular weight excluding hydrogens is 489 g/mol. The average Bonchev–Trinajstić information content (AvgIpc) is 3.36. The van der Waals surface area contributed by atoms with Crippen molar-refractivity contribution in [2.75, 3.05) is 5.32 Å². The molecule has 1 fully saturated rings. The molecular formula is C27H24ClF3N4O. The van der Waals surface area contributed by atoms with Gasteiger partial charge in [-0.3, -0.25) is 4.79 Å². The van der Waals surface area contributed by atoms with E-state index in [4.69, 9.17) is 11.6 Å². The zero-order valence-electron chi connectivity index (χ0n) is 19.2. The van der Waals surface area contributed by atoms with Gasteiger partial charge >= 0.3 is 6.18 Å². The predicted octanol–water partition coefficient (Wildman–Crippen LogP) is 6.85. The van der Waals surface area contributed by atoms with E-state index in [0.29, 0.717) is 47.5 Å². The van der Waals surface area contributed by atoms with Crippen molar-refractivity contribution in [3.63, 3.8) is 0 Å². The van der Waals surface area contributed by atoms with E-state index in [0.717, 1.165) is 11.8 Å². The summed E-state index contributed by atoms with van der Waals surface area (Å²) in [7, 11) is 0. The molecule has 36 heavy (non-hydrogen) atoms. The summed E-state index contributed by atoms with van der Waals surface area (Å²) < 4.78 is 42.1. The number of nitrogens with zero attached hydrogens (tertiary/aromatic N) is 2. The number of anilines is 1. The van der Waals surface area contributed by atoms with Gasteiger partial charge in [0.2, 0.25) is 0 Å². The van der Waals surface area contributed by atoms with Crippen molar-refractivity contribution < 1.29 is 18.0 Å². The third kappa shape index (κ3) is 5.18. The first-order chi connectivity index (χ1) is 17.3. The fourth-order valence-electron chi connectivity index (χ4n) is 4.70. The number of fused-ring (bicyclic) bond motifs is 1. The van der Waals surface area contributed by atoms with Crippen LogP contribution < -0.4 is 10.6 Å². The largest absolute Gasteiger partial charge is 0.433 e. The zero-order valence-corrected chi connectivity index (χ0v) is 20.0. The van der Waals surface area contributed by atoms with E-state index in [1.807, 2.05) is 47.2 Å². The van der Waals surface area contributed by atoms with Gasteiger partial charge in [0, 0.05) is 40.1 Å². The number of carbonyl (C=O) groups is 1. The van der Waals surface area contributed by atoms with Crippen molar-refractivity contribution >= 4 is 34.1 Å². The molecule has 1 amide bonds. The van der Waals surface area contributed by atoms with Crippen LogP contribution >= 0.6 is 11.6 Å². The number of benzene rings is 2. The summed E-state index contributed by atoms with van der Waals surface area (Å²) in [4.78, 5) is 16.7. The second-order valence-electron chi connectivity index (χ2n) is 8.98. The third-order valence-corrected chi connectivity index (χ3v) is 6.73. The van der Waals surface area contributed by atoms with Gasteiger partial charge in [0.25, 0.3) is 5.91 Å². The number of aromatic nitrogens is 2. The molecule has 0 unspecified atom stereocenters.